The highest BCUT2D eigenvalue weighted by molar-refractivity contribution is 6.31. The average Bonchev–Trinajstić information content (AvgIpc) is 2.68. The highest BCUT2D eigenvalue weighted by Crippen LogP contribution is 2.33. The Hall–Kier alpha value is -2.28. The minimum Gasteiger partial charge on any atom is -0.490 e. The molecule has 6 nitrogen and oxygen atoms in total. The first-order chi connectivity index (χ1) is 13.5. The van der Waals surface area contributed by atoms with Crippen molar-refractivity contribution in [3.63, 3.8) is 0 Å². The Morgan fingerprint density at radius 1 is 1.11 bits per heavy atom. The van der Waals surface area contributed by atoms with Gasteiger partial charge < -0.3 is 24.8 Å². The molecule has 0 saturated carbocycles. The predicted octanol–water partition coefficient (Wildman–Crippen LogP) is 3.80. The van der Waals surface area contributed by atoms with Crippen LogP contribution < -0.4 is 20.1 Å². The lowest BCUT2D eigenvalue weighted by Gasteiger charge is -2.15. The van der Waals surface area contributed by atoms with E-state index in [0.717, 1.165) is 16.8 Å². The van der Waals surface area contributed by atoms with Crippen molar-refractivity contribution in [2.75, 3.05) is 38.8 Å². The number of rotatable bonds is 11. The Kier molecular flexibility index (Phi) is 9.07. The van der Waals surface area contributed by atoms with E-state index in [-0.39, 0.29) is 12.5 Å². The Labute approximate surface area is 171 Å². The molecule has 0 saturated heterocycles. The zero-order chi connectivity index (χ0) is 20.4. The first kappa shape index (κ1) is 22.0. The van der Waals surface area contributed by atoms with Crippen LogP contribution in [0.4, 0.5) is 5.69 Å². The fourth-order valence-electron chi connectivity index (χ4n) is 2.47. The van der Waals surface area contributed by atoms with Crippen LogP contribution in [0, 0.1) is 6.92 Å². The monoisotopic (exact) mass is 406 g/mol. The van der Waals surface area contributed by atoms with Crippen molar-refractivity contribution in [2.45, 2.75) is 20.4 Å². The smallest absolute Gasteiger partial charge is 0.262 e. The molecule has 0 unspecified atom stereocenters. The van der Waals surface area contributed by atoms with Crippen molar-refractivity contribution in [3.05, 3.63) is 52.5 Å². The van der Waals surface area contributed by atoms with E-state index in [1.54, 1.807) is 13.2 Å². The predicted molar refractivity (Wildman–Crippen MR) is 112 cm³/mol. The van der Waals surface area contributed by atoms with Gasteiger partial charge in [-0.3, -0.25) is 4.79 Å². The SMILES string of the molecule is CCOc1cc(CNCCOC)c(Cl)cc1OCC(=O)Nc1ccc(C)cc1. The van der Waals surface area contributed by atoms with Crippen LogP contribution in [0.15, 0.2) is 36.4 Å². The third-order valence-corrected chi connectivity index (χ3v) is 4.26. The van der Waals surface area contributed by atoms with E-state index < -0.39 is 0 Å². The van der Waals surface area contributed by atoms with E-state index in [4.69, 9.17) is 25.8 Å². The summed E-state index contributed by atoms with van der Waals surface area (Å²) in [4.78, 5) is 12.2. The van der Waals surface area contributed by atoms with E-state index in [0.29, 0.717) is 42.8 Å². The summed E-state index contributed by atoms with van der Waals surface area (Å²) in [5.74, 6) is 0.734. The third-order valence-electron chi connectivity index (χ3n) is 3.91. The quantitative estimate of drug-likeness (QED) is 0.555. The highest BCUT2D eigenvalue weighted by Gasteiger charge is 2.13. The molecule has 2 aromatic carbocycles. The van der Waals surface area contributed by atoms with E-state index in [1.807, 2.05) is 44.2 Å². The molecule has 0 bridgehead atoms. The van der Waals surface area contributed by atoms with Crippen LogP contribution in [-0.2, 0) is 16.1 Å². The molecule has 0 heterocycles. The van der Waals surface area contributed by atoms with Gasteiger partial charge in [0.25, 0.3) is 5.91 Å². The summed E-state index contributed by atoms with van der Waals surface area (Å²) in [6, 6.07) is 11.1. The Morgan fingerprint density at radius 2 is 1.82 bits per heavy atom. The maximum atomic E-state index is 12.2. The summed E-state index contributed by atoms with van der Waals surface area (Å²) < 4.78 is 16.3. The summed E-state index contributed by atoms with van der Waals surface area (Å²) in [6.45, 7) is 6.13. The number of methoxy groups -OCH3 is 1. The fraction of sp³-hybridized carbons (Fsp3) is 0.381. The molecule has 2 N–H and O–H groups in total. The van der Waals surface area contributed by atoms with Crippen molar-refractivity contribution in [2.24, 2.45) is 0 Å². The van der Waals surface area contributed by atoms with Gasteiger partial charge in [-0.2, -0.15) is 0 Å². The minimum atomic E-state index is -0.257. The Bertz CT molecular complexity index is 766. The summed E-state index contributed by atoms with van der Waals surface area (Å²) >= 11 is 6.37. The van der Waals surface area contributed by atoms with Gasteiger partial charge in [0.15, 0.2) is 18.1 Å². The fourth-order valence-corrected chi connectivity index (χ4v) is 2.69. The van der Waals surface area contributed by atoms with Gasteiger partial charge in [-0.15, -0.1) is 0 Å². The highest BCUT2D eigenvalue weighted by atomic mass is 35.5. The van der Waals surface area contributed by atoms with Crippen LogP contribution in [0.1, 0.15) is 18.1 Å². The molecule has 0 fully saturated rings. The van der Waals surface area contributed by atoms with Gasteiger partial charge in [-0.25, -0.2) is 0 Å². The summed E-state index contributed by atoms with van der Waals surface area (Å²) in [5.41, 5.74) is 2.74. The van der Waals surface area contributed by atoms with Gasteiger partial charge in [0, 0.05) is 37.0 Å². The number of hydrogen-bond acceptors (Lipinski definition) is 5. The number of ether oxygens (including phenoxy) is 3. The second-order valence-corrected chi connectivity index (χ2v) is 6.60. The van der Waals surface area contributed by atoms with Crippen LogP contribution in [-0.4, -0.2) is 39.4 Å². The number of halogens is 1. The van der Waals surface area contributed by atoms with Gasteiger partial charge in [0.1, 0.15) is 0 Å². The maximum absolute atomic E-state index is 12.2. The van der Waals surface area contributed by atoms with Crippen LogP contribution in [0.25, 0.3) is 0 Å². The minimum absolute atomic E-state index is 0.143. The number of amides is 1. The molecule has 0 spiro atoms. The normalized spacial score (nSPS) is 10.6. The lowest BCUT2D eigenvalue weighted by molar-refractivity contribution is -0.118. The van der Waals surface area contributed by atoms with E-state index in [2.05, 4.69) is 10.6 Å². The summed E-state index contributed by atoms with van der Waals surface area (Å²) in [7, 11) is 1.66. The van der Waals surface area contributed by atoms with Crippen molar-refractivity contribution in [3.8, 4) is 11.5 Å². The number of nitrogens with one attached hydrogen (secondary N) is 2. The molecular weight excluding hydrogens is 380 g/mol. The van der Waals surface area contributed by atoms with Crippen molar-refractivity contribution in [1.29, 1.82) is 0 Å². The number of anilines is 1. The molecule has 0 aliphatic rings. The molecule has 28 heavy (non-hydrogen) atoms. The molecule has 7 heteroatoms. The standard InChI is InChI=1S/C21H27ClN2O4/c1-4-27-19-11-16(13-23-9-10-26-3)18(22)12-20(19)28-14-21(25)24-17-7-5-15(2)6-8-17/h5-8,11-12,23H,4,9-10,13-14H2,1-3H3,(H,24,25). The zero-order valence-electron chi connectivity index (χ0n) is 16.5. The summed E-state index contributed by atoms with van der Waals surface area (Å²) in [6.07, 6.45) is 0. The van der Waals surface area contributed by atoms with Crippen LogP contribution >= 0.6 is 11.6 Å². The van der Waals surface area contributed by atoms with Crippen LogP contribution in [0.2, 0.25) is 5.02 Å². The molecule has 0 aromatic heterocycles. The lowest BCUT2D eigenvalue weighted by atomic mass is 10.2. The maximum Gasteiger partial charge on any atom is 0.262 e. The molecule has 0 aliphatic heterocycles. The van der Waals surface area contributed by atoms with Gasteiger partial charge in [-0.1, -0.05) is 29.3 Å². The molecule has 2 aromatic rings. The number of carbonyl (C=O) groups excluding carboxylic acids is 1. The average molecular weight is 407 g/mol. The molecule has 1 amide bonds. The largest absolute Gasteiger partial charge is 0.490 e. The Balaban J connectivity index is 1.99. The van der Waals surface area contributed by atoms with E-state index in [1.165, 1.54) is 0 Å². The second kappa shape index (κ2) is 11.5. The summed E-state index contributed by atoms with van der Waals surface area (Å²) in [5, 5.41) is 6.58. The second-order valence-electron chi connectivity index (χ2n) is 6.20. The van der Waals surface area contributed by atoms with E-state index >= 15 is 0 Å². The third kappa shape index (κ3) is 7.03. The van der Waals surface area contributed by atoms with Crippen LogP contribution in [0.5, 0.6) is 11.5 Å². The molecule has 2 rings (SSSR count). The number of carbonyl (C=O) groups is 1. The molecule has 0 aliphatic carbocycles. The Morgan fingerprint density at radius 3 is 2.50 bits per heavy atom. The van der Waals surface area contributed by atoms with Gasteiger partial charge in [0.2, 0.25) is 0 Å². The van der Waals surface area contributed by atoms with Gasteiger partial charge in [-0.05, 0) is 37.6 Å². The molecule has 0 radical (unpaired) electrons. The first-order valence-corrected chi connectivity index (χ1v) is 9.55. The molecule has 152 valence electrons. The van der Waals surface area contributed by atoms with Crippen molar-refractivity contribution < 1.29 is 19.0 Å². The molecular formula is C21H27ClN2O4. The zero-order valence-corrected chi connectivity index (χ0v) is 17.3. The van der Waals surface area contributed by atoms with Crippen molar-refractivity contribution in [1.82, 2.24) is 5.32 Å². The van der Waals surface area contributed by atoms with Crippen molar-refractivity contribution >= 4 is 23.2 Å². The topological polar surface area (TPSA) is 68.8 Å². The number of benzene rings is 2. The lowest BCUT2D eigenvalue weighted by Crippen LogP contribution is -2.21. The number of hydrogen-bond donors (Lipinski definition) is 2. The van der Waals surface area contributed by atoms with Gasteiger partial charge in [0.05, 0.1) is 13.2 Å². The number of aryl methyl sites for hydroxylation is 1. The molecule has 0 atom stereocenters. The van der Waals surface area contributed by atoms with Crippen LogP contribution in [0.3, 0.4) is 0 Å². The van der Waals surface area contributed by atoms with Gasteiger partial charge >= 0.3 is 0 Å². The first-order valence-electron chi connectivity index (χ1n) is 9.17. The van der Waals surface area contributed by atoms with E-state index in [9.17, 15) is 4.79 Å².